The molecule has 1 saturated heterocycles. The number of furan rings is 1. The lowest BCUT2D eigenvalue weighted by Gasteiger charge is -2.34. The van der Waals surface area contributed by atoms with Crippen molar-refractivity contribution < 1.29 is 4.42 Å². The second kappa shape index (κ2) is 6.89. The van der Waals surface area contributed by atoms with Crippen molar-refractivity contribution in [2.24, 2.45) is 5.73 Å². The van der Waals surface area contributed by atoms with Crippen molar-refractivity contribution in [1.29, 1.82) is 0 Å². The van der Waals surface area contributed by atoms with Gasteiger partial charge in [-0.3, -0.25) is 9.80 Å². The molecule has 21 heavy (non-hydrogen) atoms. The van der Waals surface area contributed by atoms with Gasteiger partial charge in [0.2, 0.25) is 0 Å². The number of rotatable bonds is 5. The van der Waals surface area contributed by atoms with Crippen LogP contribution in [0.25, 0.3) is 0 Å². The first-order chi connectivity index (χ1) is 10.3. The molecule has 0 radical (unpaired) electrons. The molecule has 1 aliphatic heterocycles. The van der Waals surface area contributed by atoms with Crippen molar-refractivity contribution in [3.8, 4) is 0 Å². The zero-order valence-electron chi connectivity index (χ0n) is 12.4. The summed E-state index contributed by atoms with van der Waals surface area (Å²) in [5.74, 6) is 0.918. The predicted molar refractivity (Wildman–Crippen MR) is 83.6 cm³/mol. The van der Waals surface area contributed by atoms with Gasteiger partial charge in [0.25, 0.3) is 0 Å². The number of benzene rings is 1. The van der Waals surface area contributed by atoms with Crippen molar-refractivity contribution in [1.82, 2.24) is 9.80 Å². The summed E-state index contributed by atoms with van der Waals surface area (Å²) in [7, 11) is 0. The lowest BCUT2D eigenvalue weighted by atomic mass is 10.2. The first-order valence-corrected chi connectivity index (χ1v) is 7.59. The summed E-state index contributed by atoms with van der Waals surface area (Å²) >= 11 is 0. The molecule has 0 amide bonds. The maximum absolute atomic E-state index is 5.69. The summed E-state index contributed by atoms with van der Waals surface area (Å²) < 4.78 is 5.39. The van der Waals surface area contributed by atoms with Crippen LogP contribution in [0.2, 0.25) is 0 Å². The van der Waals surface area contributed by atoms with Gasteiger partial charge in [0, 0.05) is 44.8 Å². The van der Waals surface area contributed by atoms with E-state index in [1.807, 2.05) is 6.07 Å². The number of piperazine rings is 1. The molecule has 1 aromatic carbocycles. The standard InChI is InChI=1S/C17H23N3O/c18-12-17-16(6-11-21-17)14-20-9-7-19(8-10-20)13-15-4-2-1-3-5-15/h1-6,11H,7-10,12-14,18H2. The van der Waals surface area contributed by atoms with Gasteiger partial charge in [-0.2, -0.15) is 0 Å². The van der Waals surface area contributed by atoms with Crippen LogP contribution in [0.4, 0.5) is 0 Å². The molecular weight excluding hydrogens is 262 g/mol. The Labute approximate surface area is 126 Å². The van der Waals surface area contributed by atoms with Gasteiger partial charge >= 0.3 is 0 Å². The van der Waals surface area contributed by atoms with Crippen molar-refractivity contribution in [3.63, 3.8) is 0 Å². The fraction of sp³-hybridized carbons (Fsp3) is 0.412. The molecule has 1 aliphatic rings. The van der Waals surface area contributed by atoms with Crippen LogP contribution in [0.5, 0.6) is 0 Å². The van der Waals surface area contributed by atoms with E-state index in [2.05, 4.69) is 40.1 Å². The minimum Gasteiger partial charge on any atom is -0.468 e. The van der Waals surface area contributed by atoms with E-state index in [9.17, 15) is 0 Å². The Kier molecular flexibility index (Phi) is 4.70. The lowest BCUT2D eigenvalue weighted by Crippen LogP contribution is -2.45. The number of hydrogen-bond acceptors (Lipinski definition) is 4. The molecule has 2 heterocycles. The van der Waals surface area contributed by atoms with Crippen LogP contribution in [0.1, 0.15) is 16.9 Å². The van der Waals surface area contributed by atoms with Gasteiger partial charge in [-0.1, -0.05) is 30.3 Å². The van der Waals surface area contributed by atoms with Crippen LogP contribution in [0.15, 0.2) is 47.1 Å². The summed E-state index contributed by atoms with van der Waals surface area (Å²) in [6.07, 6.45) is 1.74. The Balaban J connectivity index is 1.49. The van der Waals surface area contributed by atoms with Crippen LogP contribution in [0.3, 0.4) is 0 Å². The van der Waals surface area contributed by atoms with Gasteiger partial charge in [0.05, 0.1) is 12.8 Å². The first kappa shape index (κ1) is 14.3. The maximum atomic E-state index is 5.69. The van der Waals surface area contributed by atoms with E-state index in [0.717, 1.165) is 45.0 Å². The third-order valence-electron chi connectivity index (χ3n) is 4.13. The fourth-order valence-electron chi connectivity index (χ4n) is 2.88. The molecule has 0 bridgehead atoms. The highest BCUT2D eigenvalue weighted by Gasteiger charge is 2.18. The Bertz CT molecular complexity index is 544. The molecular formula is C17H23N3O. The van der Waals surface area contributed by atoms with Gasteiger partial charge < -0.3 is 10.2 Å². The molecule has 2 N–H and O–H groups in total. The fourth-order valence-corrected chi connectivity index (χ4v) is 2.88. The van der Waals surface area contributed by atoms with Crippen LogP contribution in [-0.4, -0.2) is 36.0 Å². The number of nitrogens with zero attached hydrogens (tertiary/aromatic N) is 2. The van der Waals surface area contributed by atoms with E-state index in [1.54, 1.807) is 6.26 Å². The molecule has 1 fully saturated rings. The normalized spacial score (nSPS) is 17.2. The molecule has 112 valence electrons. The summed E-state index contributed by atoms with van der Waals surface area (Å²) in [5.41, 5.74) is 8.31. The molecule has 0 atom stereocenters. The molecule has 1 aromatic heterocycles. The van der Waals surface area contributed by atoms with Crippen molar-refractivity contribution in [2.45, 2.75) is 19.6 Å². The molecule has 0 spiro atoms. The van der Waals surface area contributed by atoms with Gasteiger partial charge in [-0.05, 0) is 11.6 Å². The third-order valence-corrected chi connectivity index (χ3v) is 4.13. The summed E-state index contributed by atoms with van der Waals surface area (Å²) in [4.78, 5) is 5.00. The highest BCUT2D eigenvalue weighted by atomic mass is 16.3. The number of hydrogen-bond donors (Lipinski definition) is 1. The molecule has 0 aliphatic carbocycles. The van der Waals surface area contributed by atoms with Crippen LogP contribution in [-0.2, 0) is 19.6 Å². The second-order valence-electron chi connectivity index (χ2n) is 5.61. The van der Waals surface area contributed by atoms with Crippen molar-refractivity contribution >= 4 is 0 Å². The molecule has 0 unspecified atom stereocenters. The van der Waals surface area contributed by atoms with E-state index >= 15 is 0 Å². The average molecular weight is 285 g/mol. The third kappa shape index (κ3) is 3.73. The van der Waals surface area contributed by atoms with Gasteiger partial charge in [-0.15, -0.1) is 0 Å². The van der Waals surface area contributed by atoms with Crippen molar-refractivity contribution in [2.75, 3.05) is 26.2 Å². The summed E-state index contributed by atoms with van der Waals surface area (Å²) in [6.45, 7) is 6.91. The van der Waals surface area contributed by atoms with Gasteiger partial charge in [0.1, 0.15) is 5.76 Å². The highest BCUT2D eigenvalue weighted by molar-refractivity contribution is 5.17. The minimum atomic E-state index is 0.482. The van der Waals surface area contributed by atoms with Crippen molar-refractivity contribution in [3.05, 3.63) is 59.5 Å². The number of nitrogens with two attached hydrogens (primary N) is 1. The van der Waals surface area contributed by atoms with Crippen LogP contribution < -0.4 is 5.73 Å². The second-order valence-corrected chi connectivity index (χ2v) is 5.61. The van der Waals surface area contributed by atoms with E-state index in [-0.39, 0.29) is 0 Å². The lowest BCUT2D eigenvalue weighted by molar-refractivity contribution is 0.121. The summed E-state index contributed by atoms with van der Waals surface area (Å²) in [6, 6.07) is 12.7. The van der Waals surface area contributed by atoms with E-state index in [4.69, 9.17) is 10.2 Å². The maximum Gasteiger partial charge on any atom is 0.121 e. The van der Waals surface area contributed by atoms with Crippen LogP contribution >= 0.6 is 0 Å². The highest BCUT2D eigenvalue weighted by Crippen LogP contribution is 2.15. The quantitative estimate of drug-likeness (QED) is 0.913. The summed E-state index contributed by atoms with van der Waals surface area (Å²) in [5, 5.41) is 0. The zero-order valence-corrected chi connectivity index (χ0v) is 12.4. The SMILES string of the molecule is NCc1occc1CN1CCN(Cc2ccccc2)CC1. The molecule has 4 nitrogen and oxygen atoms in total. The Morgan fingerprint density at radius 2 is 1.57 bits per heavy atom. The smallest absolute Gasteiger partial charge is 0.121 e. The molecule has 0 saturated carbocycles. The predicted octanol–water partition coefficient (Wildman–Crippen LogP) is 2.06. The van der Waals surface area contributed by atoms with E-state index in [1.165, 1.54) is 11.1 Å². The largest absolute Gasteiger partial charge is 0.468 e. The Morgan fingerprint density at radius 1 is 0.905 bits per heavy atom. The Hall–Kier alpha value is -1.62. The van der Waals surface area contributed by atoms with E-state index < -0.39 is 0 Å². The Morgan fingerprint density at radius 3 is 2.24 bits per heavy atom. The van der Waals surface area contributed by atoms with Gasteiger partial charge in [0.15, 0.2) is 0 Å². The molecule has 3 rings (SSSR count). The zero-order chi connectivity index (χ0) is 14.5. The topological polar surface area (TPSA) is 45.6 Å². The average Bonchev–Trinajstić information content (AvgIpc) is 2.97. The monoisotopic (exact) mass is 285 g/mol. The van der Waals surface area contributed by atoms with Gasteiger partial charge in [-0.25, -0.2) is 0 Å². The first-order valence-electron chi connectivity index (χ1n) is 7.59. The molecule has 4 heteroatoms. The van der Waals surface area contributed by atoms with E-state index in [0.29, 0.717) is 6.54 Å². The molecule has 2 aromatic rings. The minimum absolute atomic E-state index is 0.482. The van der Waals surface area contributed by atoms with Crippen LogP contribution in [0, 0.1) is 0 Å².